The van der Waals surface area contributed by atoms with Crippen LogP contribution in [0.4, 0.5) is 0 Å². The molecular formula is C22H27NO3S. The number of ketones is 1. The highest BCUT2D eigenvalue weighted by Gasteiger charge is 2.28. The van der Waals surface area contributed by atoms with E-state index >= 15 is 0 Å². The monoisotopic (exact) mass is 385 g/mol. The average Bonchev–Trinajstić information content (AvgIpc) is 2.73. The second-order valence-electron chi connectivity index (χ2n) is 6.82. The molecular weight excluding hydrogens is 358 g/mol. The first kappa shape index (κ1) is 19.8. The zero-order valence-corrected chi connectivity index (χ0v) is 17.1. The minimum absolute atomic E-state index is 0.0450. The van der Waals surface area contributed by atoms with Crippen molar-refractivity contribution >= 4 is 17.5 Å². The van der Waals surface area contributed by atoms with Crippen LogP contribution < -0.4 is 9.47 Å². The average molecular weight is 386 g/mol. The molecule has 1 heterocycles. The maximum absolute atomic E-state index is 13.1. The second-order valence-corrected chi connectivity index (χ2v) is 7.66. The Bertz CT molecular complexity index is 793. The maximum Gasteiger partial charge on any atom is 0.168 e. The molecule has 1 atom stereocenters. The summed E-state index contributed by atoms with van der Waals surface area (Å²) in [7, 11) is 3.36. The van der Waals surface area contributed by atoms with Crippen LogP contribution in [0.3, 0.4) is 0 Å². The van der Waals surface area contributed by atoms with Crippen molar-refractivity contribution in [1.82, 2.24) is 4.90 Å². The summed E-state index contributed by atoms with van der Waals surface area (Å²) >= 11 is 1.64. The number of Topliss-reactive ketones (excluding diaryl/α,β-unsaturated/α-hetero) is 1. The molecule has 2 aromatic rings. The summed E-state index contributed by atoms with van der Waals surface area (Å²) < 4.78 is 10.9. The maximum atomic E-state index is 13.1. The van der Waals surface area contributed by atoms with Crippen molar-refractivity contribution in [3.05, 3.63) is 53.6 Å². The topological polar surface area (TPSA) is 38.8 Å². The highest BCUT2D eigenvalue weighted by Crippen LogP contribution is 2.30. The van der Waals surface area contributed by atoms with Gasteiger partial charge in [0.05, 0.1) is 14.2 Å². The van der Waals surface area contributed by atoms with Crippen molar-refractivity contribution in [2.24, 2.45) is 5.92 Å². The molecule has 0 unspecified atom stereocenters. The number of hydrogen-bond donors (Lipinski definition) is 0. The van der Waals surface area contributed by atoms with Crippen LogP contribution in [-0.2, 0) is 6.54 Å². The lowest BCUT2D eigenvalue weighted by Gasteiger charge is -2.32. The van der Waals surface area contributed by atoms with Crippen molar-refractivity contribution in [2.75, 3.05) is 33.6 Å². The van der Waals surface area contributed by atoms with E-state index in [2.05, 4.69) is 4.90 Å². The van der Waals surface area contributed by atoms with Gasteiger partial charge in [-0.15, -0.1) is 11.8 Å². The van der Waals surface area contributed by atoms with E-state index in [0.29, 0.717) is 0 Å². The molecule has 0 bridgehead atoms. The van der Waals surface area contributed by atoms with Gasteiger partial charge in [-0.05, 0) is 49.9 Å². The van der Waals surface area contributed by atoms with Gasteiger partial charge in [-0.2, -0.15) is 0 Å². The molecule has 1 saturated heterocycles. The van der Waals surface area contributed by atoms with E-state index < -0.39 is 0 Å². The van der Waals surface area contributed by atoms with E-state index in [1.165, 1.54) is 0 Å². The number of ether oxygens (including phenoxy) is 2. The summed E-state index contributed by atoms with van der Waals surface area (Å²) in [5, 5.41) is 0. The molecule has 5 heteroatoms. The van der Waals surface area contributed by atoms with E-state index in [9.17, 15) is 4.79 Å². The molecule has 3 rings (SSSR count). The number of carbonyl (C=O) groups is 1. The Labute approximate surface area is 165 Å². The highest BCUT2D eigenvalue weighted by molar-refractivity contribution is 7.98. The zero-order valence-electron chi connectivity index (χ0n) is 16.2. The predicted molar refractivity (Wildman–Crippen MR) is 110 cm³/mol. The Morgan fingerprint density at radius 3 is 2.74 bits per heavy atom. The lowest BCUT2D eigenvalue weighted by atomic mass is 9.89. The number of rotatable bonds is 7. The van der Waals surface area contributed by atoms with E-state index in [0.717, 1.165) is 60.0 Å². The van der Waals surface area contributed by atoms with Gasteiger partial charge in [-0.25, -0.2) is 0 Å². The number of hydrogen-bond acceptors (Lipinski definition) is 5. The van der Waals surface area contributed by atoms with Crippen LogP contribution in [0.25, 0.3) is 0 Å². The van der Waals surface area contributed by atoms with Gasteiger partial charge in [0.1, 0.15) is 11.5 Å². The number of nitrogens with zero attached hydrogens (tertiary/aromatic N) is 1. The zero-order chi connectivity index (χ0) is 19.2. The van der Waals surface area contributed by atoms with Crippen LogP contribution in [-0.4, -0.2) is 44.2 Å². The van der Waals surface area contributed by atoms with Gasteiger partial charge in [0.2, 0.25) is 0 Å². The summed E-state index contributed by atoms with van der Waals surface area (Å²) in [5.41, 5.74) is 1.95. The van der Waals surface area contributed by atoms with Gasteiger partial charge in [0, 0.05) is 35.0 Å². The van der Waals surface area contributed by atoms with Crippen LogP contribution in [0.15, 0.2) is 47.4 Å². The summed E-state index contributed by atoms with van der Waals surface area (Å²) in [6, 6.07) is 13.8. The molecule has 144 valence electrons. The largest absolute Gasteiger partial charge is 0.497 e. The minimum Gasteiger partial charge on any atom is -0.497 e. The normalized spacial score (nSPS) is 17.5. The predicted octanol–water partition coefficient (Wildman–Crippen LogP) is 4.52. The molecule has 0 radical (unpaired) electrons. The van der Waals surface area contributed by atoms with E-state index in [4.69, 9.17) is 9.47 Å². The molecule has 2 aromatic carbocycles. The lowest BCUT2D eigenvalue weighted by molar-refractivity contribution is 0.0807. The quantitative estimate of drug-likeness (QED) is 0.517. The number of likely N-dealkylation sites (tertiary alicyclic amines) is 1. The molecule has 1 aliphatic rings. The van der Waals surface area contributed by atoms with Crippen LogP contribution in [0.5, 0.6) is 11.5 Å². The summed E-state index contributed by atoms with van der Waals surface area (Å²) in [5.74, 6) is 1.99. The van der Waals surface area contributed by atoms with Gasteiger partial charge in [-0.1, -0.05) is 18.2 Å². The molecule has 0 saturated carbocycles. The van der Waals surface area contributed by atoms with Gasteiger partial charge in [-0.3, -0.25) is 9.69 Å². The highest BCUT2D eigenvalue weighted by atomic mass is 32.2. The van der Waals surface area contributed by atoms with Crippen molar-refractivity contribution in [1.29, 1.82) is 0 Å². The molecule has 4 nitrogen and oxygen atoms in total. The molecule has 0 aromatic heterocycles. The first-order chi connectivity index (χ1) is 13.2. The first-order valence-corrected chi connectivity index (χ1v) is 10.5. The number of thioether (sulfide) groups is 1. The van der Waals surface area contributed by atoms with E-state index in [1.807, 2.05) is 48.7 Å². The molecule has 1 aliphatic heterocycles. The van der Waals surface area contributed by atoms with Crippen LogP contribution in [0.1, 0.15) is 28.8 Å². The molecule has 0 amide bonds. The van der Waals surface area contributed by atoms with Gasteiger partial charge in [0.25, 0.3) is 0 Å². The Morgan fingerprint density at radius 1 is 1.19 bits per heavy atom. The SMILES string of the molecule is COc1ccc(OC)c(CN2CCC[C@@H](C(=O)c3ccccc3SC)C2)c1. The fourth-order valence-corrected chi connectivity index (χ4v) is 4.33. The van der Waals surface area contributed by atoms with Gasteiger partial charge in [0.15, 0.2) is 5.78 Å². The van der Waals surface area contributed by atoms with Gasteiger partial charge < -0.3 is 9.47 Å². The Kier molecular flexibility index (Phi) is 6.80. The second kappa shape index (κ2) is 9.29. The molecule has 1 fully saturated rings. The van der Waals surface area contributed by atoms with Gasteiger partial charge >= 0.3 is 0 Å². The van der Waals surface area contributed by atoms with Crippen molar-refractivity contribution in [3.8, 4) is 11.5 Å². The van der Waals surface area contributed by atoms with Crippen molar-refractivity contribution < 1.29 is 14.3 Å². The first-order valence-electron chi connectivity index (χ1n) is 9.26. The third kappa shape index (κ3) is 4.66. The number of benzene rings is 2. The van der Waals surface area contributed by atoms with E-state index in [-0.39, 0.29) is 11.7 Å². The Hall–Kier alpha value is -1.98. The smallest absolute Gasteiger partial charge is 0.168 e. The van der Waals surface area contributed by atoms with Crippen LogP contribution >= 0.6 is 11.8 Å². The summed E-state index contributed by atoms with van der Waals surface area (Å²) in [4.78, 5) is 16.5. The van der Waals surface area contributed by atoms with Crippen molar-refractivity contribution in [2.45, 2.75) is 24.3 Å². The number of methoxy groups -OCH3 is 2. The number of piperidine rings is 1. The fraction of sp³-hybridized carbons (Fsp3) is 0.409. The third-order valence-corrected chi connectivity index (χ3v) is 5.93. The van der Waals surface area contributed by atoms with Crippen LogP contribution in [0, 0.1) is 5.92 Å². The van der Waals surface area contributed by atoms with E-state index in [1.54, 1.807) is 26.0 Å². The molecule has 0 spiro atoms. The van der Waals surface area contributed by atoms with Crippen LogP contribution in [0.2, 0.25) is 0 Å². The minimum atomic E-state index is 0.0450. The third-order valence-electron chi connectivity index (χ3n) is 5.13. The standard InChI is InChI=1S/C22H27NO3S/c1-25-18-10-11-20(26-2)17(13-18)15-23-12-6-7-16(14-23)22(24)19-8-4-5-9-21(19)27-3/h4-5,8-11,13,16H,6-7,12,14-15H2,1-3H3/t16-/m1/s1. The molecule has 27 heavy (non-hydrogen) atoms. The summed E-state index contributed by atoms with van der Waals surface area (Å²) in [6.45, 7) is 2.53. The van der Waals surface area contributed by atoms with Crippen molar-refractivity contribution in [3.63, 3.8) is 0 Å². The number of carbonyl (C=O) groups excluding carboxylic acids is 1. The molecule has 0 aliphatic carbocycles. The fourth-order valence-electron chi connectivity index (χ4n) is 3.73. The summed E-state index contributed by atoms with van der Waals surface area (Å²) in [6.07, 6.45) is 4.01. The molecule has 0 N–H and O–H groups in total. The Balaban J connectivity index is 1.74. The lowest BCUT2D eigenvalue weighted by Crippen LogP contribution is -2.38. The Morgan fingerprint density at radius 2 is 2.00 bits per heavy atom.